The van der Waals surface area contributed by atoms with Crippen molar-refractivity contribution in [1.82, 2.24) is 19.7 Å². The van der Waals surface area contributed by atoms with Crippen LogP contribution in [0.25, 0.3) is 17.1 Å². The number of thioether (sulfide) groups is 1. The zero-order valence-corrected chi connectivity index (χ0v) is 17.7. The number of hydrogen-bond donors (Lipinski definition) is 0. The van der Waals surface area contributed by atoms with Crippen molar-refractivity contribution in [3.05, 3.63) is 77.1 Å². The van der Waals surface area contributed by atoms with E-state index in [4.69, 9.17) is 21.1 Å². The largest absolute Gasteiger partial charge is 0.454 e. The molecule has 4 aromatic rings. The van der Waals surface area contributed by atoms with Crippen LogP contribution in [0.1, 0.15) is 11.1 Å². The van der Waals surface area contributed by atoms with E-state index in [1.807, 2.05) is 36.4 Å². The van der Waals surface area contributed by atoms with E-state index in [0.29, 0.717) is 22.3 Å². The monoisotopic (exact) mass is 436 g/mol. The minimum Gasteiger partial charge on any atom is -0.454 e. The first-order valence-corrected chi connectivity index (χ1v) is 10.7. The predicted octanol–water partition coefficient (Wildman–Crippen LogP) is 5.31. The molecule has 0 saturated carbocycles. The third-order valence-corrected chi connectivity index (χ3v) is 6.05. The molecule has 0 bridgehead atoms. The molecule has 2 aromatic carbocycles. The maximum absolute atomic E-state index is 6.33. The van der Waals surface area contributed by atoms with Gasteiger partial charge in [0.15, 0.2) is 22.5 Å². The molecule has 6 nitrogen and oxygen atoms in total. The zero-order valence-electron chi connectivity index (χ0n) is 16.1. The second kappa shape index (κ2) is 8.01. The fraction of sp³-hybridized carbons (Fsp3) is 0.136. The Morgan fingerprint density at radius 3 is 2.83 bits per heavy atom. The summed E-state index contributed by atoms with van der Waals surface area (Å²) in [5, 5.41) is 10.3. The average Bonchev–Trinajstić information content (AvgIpc) is 3.40. The molecular formula is C22H17ClN4O2S. The van der Waals surface area contributed by atoms with Gasteiger partial charge in [-0.05, 0) is 48.4 Å². The highest BCUT2D eigenvalue weighted by Gasteiger charge is 2.20. The minimum atomic E-state index is 0.196. The van der Waals surface area contributed by atoms with Crippen LogP contribution in [-0.4, -0.2) is 26.5 Å². The molecule has 0 radical (unpaired) electrons. The van der Waals surface area contributed by atoms with E-state index in [1.54, 1.807) is 24.2 Å². The van der Waals surface area contributed by atoms with Crippen LogP contribution in [0.15, 0.2) is 66.1 Å². The van der Waals surface area contributed by atoms with Gasteiger partial charge in [0.25, 0.3) is 0 Å². The Kier molecular flexibility index (Phi) is 5.06. The molecule has 0 fully saturated rings. The van der Waals surface area contributed by atoms with Crippen molar-refractivity contribution in [2.24, 2.45) is 0 Å². The van der Waals surface area contributed by atoms with E-state index < -0.39 is 0 Å². The van der Waals surface area contributed by atoms with Crippen LogP contribution in [0.3, 0.4) is 0 Å². The fourth-order valence-corrected chi connectivity index (χ4v) is 4.49. The summed E-state index contributed by atoms with van der Waals surface area (Å²) in [6, 6.07) is 15.9. The highest BCUT2D eigenvalue weighted by molar-refractivity contribution is 7.98. The van der Waals surface area contributed by atoms with Crippen LogP contribution < -0.4 is 9.47 Å². The van der Waals surface area contributed by atoms with Gasteiger partial charge < -0.3 is 9.47 Å². The Labute approximate surface area is 182 Å². The summed E-state index contributed by atoms with van der Waals surface area (Å²) >= 11 is 7.92. The first-order chi connectivity index (χ1) is 14.7. The van der Waals surface area contributed by atoms with Crippen molar-refractivity contribution in [1.29, 1.82) is 0 Å². The van der Waals surface area contributed by atoms with Gasteiger partial charge in [-0.25, -0.2) is 0 Å². The molecule has 8 heteroatoms. The van der Waals surface area contributed by atoms with E-state index >= 15 is 0 Å². The van der Waals surface area contributed by atoms with Gasteiger partial charge in [-0.2, -0.15) is 0 Å². The summed E-state index contributed by atoms with van der Waals surface area (Å²) in [4.78, 5) is 4.24. The second-order valence-electron chi connectivity index (χ2n) is 6.77. The highest BCUT2D eigenvalue weighted by Crippen LogP contribution is 2.41. The predicted molar refractivity (Wildman–Crippen MR) is 116 cm³/mol. The molecule has 0 aliphatic carbocycles. The number of fused-ring (bicyclic) bond motifs is 1. The smallest absolute Gasteiger partial charge is 0.231 e. The third kappa shape index (κ3) is 3.51. The Hall–Kier alpha value is -3.03. The van der Waals surface area contributed by atoms with Gasteiger partial charge in [-0.1, -0.05) is 41.6 Å². The van der Waals surface area contributed by atoms with E-state index in [1.165, 1.54) is 0 Å². The Morgan fingerprint density at radius 2 is 2.00 bits per heavy atom. The number of aromatic nitrogens is 4. The molecule has 2 aromatic heterocycles. The molecule has 0 amide bonds. The van der Waals surface area contributed by atoms with Crippen molar-refractivity contribution in [3.8, 4) is 28.6 Å². The number of nitrogens with zero attached hydrogens (tertiary/aromatic N) is 4. The number of ether oxygens (including phenoxy) is 2. The van der Waals surface area contributed by atoms with Crippen molar-refractivity contribution >= 4 is 23.4 Å². The molecule has 0 N–H and O–H groups in total. The molecule has 3 heterocycles. The number of benzene rings is 2. The number of rotatable bonds is 5. The highest BCUT2D eigenvalue weighted by atomic mass is 35.5. The lowest BCUT2D eigenvalue weighted by molar-refractivity contribution is 0.174. The summed E-state index contributed by atoms with van der Waals surface area (Å²) in [7, 11) is 0. The fourth-order valence-electron chi connectivity index (χ4n) is 3.33. The number of pyridine rings is 1. The summed E-state index contributed by atoms with van der Waals surface area (Å²) in [5.74, 6) is 2.69. The van der Waals surface area contributed by atoms with E-state index in [2.05, 4.69) is 38.8 Å². The molecular weight excluding hydrogens is 420 g/mol. The zero-order chi connectivity index (χ0) is 20.5. The molecule has 1 aliphatic heterocycles. The first-order valence-electron chi connectivity index (χ1n) is 9.33. The quantitative estimate of drug-likeness (QED) is 0.395. The minimum absolute atomic E-state index is 0.196. The number of halogens is 1. The lowest BCUT2D eigenvalue weighted by Crippen LogP contribution is -2.02. The van der Waals surface area contributed by atoms with Gasteiger partial charge in [0.1, 0.15) is 0 Å². The Morgan fingerprint density at radius 1 is 1.10 bits per heavy atom. The van der Waals surface area contributed by atoms with Crippen LogP contribution in [-0.2, 0) is 5.75 Å². The molecule has 0 unspecified atom stereocenters. The standard InChI is InChI=1S/C22H17ClN4O2S/c1-14-5-2-3-7-18(14)27-21(16-6-4-8-24-11-16)25-26-22(27)30-12-15-9-17(23)20-19(10-15)28-13-29-20/h2-11H,12-13H2,1H3. The van der Waals surface area contributed by atoms with Crippen molar-refractivity contribution in [2.75, 3.05) is 6.79 Å². The van der Waals surface area contributed by atoms with E-state index in [9.17, 15) is 0 Å². The summed E-state index contributed by atoms with van der Waals surface area (Å²) in [6.45, 7) is 2.27. The van der Waals surface area contributed by atoms with Crippen LogP contribution in [0.4, 0.5) is 0 Å². The second-order valence-corrected chi connectivity index (χ2v) is 8.12. The topological polar surface area (TPSA) is 62.1 Å². The van der Waals surface area contributed by atoms with E-state index in [-0.39, 0.29) is 6.79 Å². The summed E-state index contributed by atoms with van der Waals surface area (Å²) in [5.41, 5.74) is 4.10. The van der Waals surface area contributed by atoms with Crippen LogP contribution in [0, 0.1) is 6.92 Å². The number of hydrogen-bond acceptors (Lipinski definition) is 6. The number of para-hydroxylation sites is 1. The molecule has 0 atom stereocenters. The molecule has 5 rings (SSSR count). The molecule has 0 saturated heterocycles. The van der Waals surface area contributed by atoms with Gasteiger partial charge in [0.2, 0.25) is 6.79 Å². The number of aryl methyl sites for hydroxylation is 1. The van der Waals surface area contributed by atoms with Crippen LogP contribution in [0.5, 0.6) is 11.5 Å². The lowest BCUT2D eigenvalue weighted by atomic mass is 10.2. The maximum atomic E-state index is 6.33. The molecule has 0 spiro atoms. The van der Waals surface area contributed by atoms with E-state index in [0.717, 1.165) is 33.4 Å². The van der Waals surface area contributed by atoms with Crippen molar-refractivity contribution < 1.29 is 9.47 Å². The molecule has 1 aliphatic rings. The summed E-state index contributed by atoms with van der Waals surface area (Å²) < 4.78 is 13.0. The van der Waals surface area contributed by atoms with Gasteiger partial charge in [-0.3, -0.25) is 9.55 Å². The SMILES string of the molecule is Cc1ccccc1-n1c(SCc2cc(Cl)c3c(c2)OCO3)nnc1-c1cccnc1. The van der Waals surface area contributed by atoms with Gasteiger partial charge in [0, 0.05) is 23.7 Å². The van der Waals surface area contributed by atoms with Crippen molar-refractivity contribution in [2.45, 2.75) is 17.8 Å². The van der Waals surface area contributed by atoms with Crippen LogP contribution >= 0.6 is 23.4 Å². The lowest BCUT2D eigenvalue weighted by Gasteiger charge is -2.13. The Bertz CT molecular complexity index is 1210. The summed E-state index contributed by atoms with van der Waals surface area (Å²) in [6.07, 6.45) is 3.54. The molecule has 30 heavy (non-hydrogen) atoms. The molecule has 150 valence electrons. The maximum Gasteiger partial charge on any atom is 0.231 e. The van der Waals surface area contributed by atoms with Gasteiger partial charge >= 0.3 is 0 Å². The van der Waals surface area contributed by atoms with Gasteiger partial charge in [-0.15, -0.1) is 10.2 Å². The normalized spacial score (nSPS) is 12.3. The first kappa shape index (κ1) is 19.0. The average molecular weight is 437 g/mol. The van der Waals surface area contributed by atoms with Crippen LogP contribution in [0.2, 0.25) is 5.02 Å². The van der Waals surface area contributed by atoms with Gasteiger partial charge in [0.05, 0.1) is 10.7 Å². The third-order valence-electron chi connectivity index (χ3n) is 4.76. The van der Waals surface area contributed by atoms with Crippen molar-refractivity contribution in [3.63, 3.8) is 0 Å². The Balaban J connectivity index is 1.52.